The Morgan fingerprint density at radius 1 is 1.33 bits per heavy atom. The van der Waals surface area contributed by atoms with Crippen LogP contribution in [0.3, 0.4) is 0 Å². The van der Waals surface area contributed by atoms with E-state index < -0.39 is 4.92 Å². The summed E-state index contributed by atoms with van der Waals surface area (Å²) in [4.78, 5) is 21.2. The molecule has 0 saturated heterocycles. The lowest BCUT2D eigenvalue weighted by Crippen LogP contribution is -2.33. The molecule has 0 saturated carbocycles. The molecule has 21 heavy (non-hydrogen) atoms. The van der Waals surface area contributed by atoms with Crippen LogP contribution in [0.4, 0.5) is 17.3 Å². The summed E-state index contributed by atoms with van der Waals surface area (Å²) in [5.74, 6) is 0.686. The van der Waals surface area contributed by atoms with Crippen LogP contribution in [0.5, 0.6) is 0 Å². The minimum Gasteiger partial charge on any atom is -0.364 e. The molecular formula is C14H25N5O2. The second-order valence-electron chi connectivity index (χ2n) is 5.18. The van der Waals surface area contributed by atoms with E-state index in [2.05, 4.69) is 22.2 Å². The van der Waals surface area contributed by atoms with E-state index in [1.165, 1.54) is 6.33 Å². The van der Waals surface area contributed by atoms with Crippen molar-refractivity contribution < 1.29 is 4.92 Å². The van der Waals surface area contributed by atoms with Crippen LogP contribution in [0, 0.1) is 10.1 Å². The van der Waals surface area contributed by atoms with Crippen LogP contribution in [0.1, 0.15) is 47.0 Å². The van der Waals surface area contributed by atoms with Crippen LogP contribution in [-0.2, 0) is 0 Å². The van der Waals surface area contributed by atoms with Crippen molar-refractivity contribution in [1.29, 1.82) is 0 Å². The van der Waals surface area contributed by atoms with Gasteiger partial charge in [-0.25, -0.2) is 9.97 Å². The molecule has 1 heterocycles. The molecule has 1 rings (SSSR count). The van der Waals surface area contributed by atoms with Gasteiger partial charge in [-0.2, -0.15) is 0 Å². The SMILES string of the molecule is CCCCCN(c1ncnc(NCC)c1[N+](=O)[O-])C(C)C. The molecule has 7 nitrogen and oxygen atoms in total. The van der Waals surface area contributed by atoms with Gasteiger partial charge in [-0.1, -0.05) is 19.8 Å². The standard InChI is InChI=1S/C14H25N5O2/c1-5-7-8-9-18(11(3)4)14-12(19(20)21)13(15-6-2)16-10-17-14/h10-11H,5-9H2,1-4H3,(H,15,16,17). The average molecular weight is 295 g/mol. The average Bonchev–Trinajstić information content (AvgIpc) is 2.43. The van der Waals surface area contributed by atoms with Gasteiger partial charge >= 0.3 is 5.69 Å². The number of nitro groups is 1. The summed E-state index contributed by atoms with van der Waals surface area (Å²) < 4.78 is 0. The van der Waals surface area contributed by atoms with Gasteiger partial charge in [-0.3, -0.25) is 10.1 Å². The van der Waals surface area contributed by atoms with Gasteiger partial charge in [0, 0.05) is 19.1 Å². The zero-order valence-electron chi connectivity index (χ0n) is 13.3. The summed E-state index contributed by atoms with van der Waals surface area (Å²) in [6.45, 7) is 9.39. The Morgan fingerprint density at radius 3 is 2.57 bits per heavy atom. The van der Waals surface area contributed by atoms with Gasteiger partial charge in [0.1, 0.15) is 6.33 Å². The van der Waals surface area contributed by atoms with Crippen LogP contribution >= 0.6 is 0 Å². The van der Waals surface area contributed by atoms with Gasteiger partial charge < -0.3 is 10.2 Å². The Hall–Kier alpha value is -1.92. The van der Waals surface area contributed by atoms with Crippen LogP contribution in [0.2, 0.25) is 0 Å². The predicted octanol–water partition coefficient (Wildman–Crippen LogP) is 3.22. The van der Waals surface area contributed by atoms with E-state index in [1.807, 2.05) is 25.7 Å². The molecule has 0 bridgehead atoms. The summed E-state index contributed by atoms with van der Waals surface area (Å²) >= 11 is 0. The zero-order chi connectivity index (χ0) is 15.8. The Morgan fingerprint density at radius 2 is 2.05 bits per heavy atom. The topological polar surface area (TPSA) is 84.2 Å². The molecule has 0 radical (unpaired) electrons. The van der Waals surface area contributed by atoms with Gasteiger partial charge in [0.2, 0.25) is 11.6 Å². The first-order valence-corrected chi connectivity index (χ1v) is 7.52. The summed E-state index contributed by atoms with van der Waals surface area (Å²) in [7, 11) is 0. The van der Waals surface area contributed by atoms with Crippen LogP contribution in [0.25, 0.3) is 0 Å². The Kier molecular flexibility index (Phi) is 6.84. The second kappa shape index (κ2) is 8.39. The van der Waals surface area contributed by atoms with E-state index >= 15 is 0 Å². The van der Waals surface area contributed by atoms with E-state index in [-0.39, 0.29) is 17.5 Å². The van der Waals surface area contributed by atoms with Crippen LogP contribution in [0.15, 0.2) is 6.33 Å². The van der Waals surface area contributed by atoms with Gasteiger partial charge in [-0.05, 0) is 27.2 Å². The van der Waals surface area contributed by atoms with Gasteiger partial charge in [0.05, 0.1) is 4.92 Å². The first-order chi connectivity index (χ1) is 10.0. The lowest BCUT2D eigenvalue weighted by Gasteiger charge is -2.27. The monoisotopic (exact) mass is 295 g/mol. The van der Waals surface area contributed by atoms with Crippen molar-refractivity contribution in [3.05, 3.63) is 16.4 Å². The maximum absolute atomic E-state index is 11.4. The molecule has 1 aromatic rings. The molecule has 0 atom stereocenters. The summed E-state index contributed by atoms with van der Waals surface area (Å²) in [6.07, 6.45) is 4.59. The van der Waals surface area contributed by atoms with E-state index in [4.69, 9.17) is 0 Å². The van der Waals surface area contributed by atoms with E-state index in [9.17, 15) is 10.1 Å². The van der Waals surface area contributed by atoms with Crippen molar-refractivity contribution >= 4 is 17.3 Å². The Bertz CT molecular complexity index is 465. The normalized spacial score (nSPS) is 10.7. The number of nitrogens with zero attached hydrogens (tertiary/aromatic N) is 4. The lowest BCUT2D eigenvalue weighted by molar-refractivity contribution is -0.383. The molecule has 0 aromatic carbocycles. The summed E-state index contributed by atoms with van der Waals surface area (Å²) in [5.41, 5.74) is -0.0375. The van der Waals surface area contributed by atoms with Crippen LogP contribution < -0.4 is 10.2 Å². The molecule has 0 aliphatic heterocycles. The zero-order valence-corrected chi connectivity index (χ0v) is 13.3. The molecule has 118 valence electrons. The van der Waals surface area contributed by atoms with Crippen molar-refractivity contribution in [3.63, 3.8) is 0 Å². The first-order valence-electron chi connectivity index (χ1n) is 7.52. The van der Waals surface area contributed by atoms with Crippen molar-refractivity contribution in [3.8, 4) is 0 Å². The molecule has 0 fully saturated rings. The van der Waals surface area contributed by atoms with Crippen molar-refractivity contribution in [2.75, 3.05) is 23.3 Å². The van der Waals surface area contributed by atoms with E-state index in [0.717, 1.165) is 25.8 Å². The molecule has 0 unspecified atom stereocenters. The highest BCUT2D eigenvalue weighted by atomic mass is 16.6. The smallest absolute Gasteiger partial charge is 0.353 e. The highest BCUT2D eigenvalue weighted by Crippen LogP contribution is 2.32. The van der Waals surface area contributed by atoms with Crippen molar-refractivity contribution in [1.82, 2.24) is 9.97 Å². The van der Waals surface area contributed by atoms with E-state index in [1.54, 1.807) is 0 Å². The molecule has 1 N–H and O–H groups in total. The third kappa shape index (κ3) is 4.54. The van der Waals surface area contributed by atoms with Gasteiger partial charge in [0.15, 0.2) is 0 Å². The number of nitrogens with one attached hydrogen (secondary N) is 1. The first kappa shape index (κ1) is 17.1. The summed E-state index contributed by atoms with van der Waals surface area (Å²) in [5, 5.41) is 14.4. The highest BCUT2D eigenvalue weighted by molar-refractivity contribution is 5.70. The number of aromatic nitrogens is 2. The van der Waals surface area contributed by atoms with Crippen molar-refractivity contribution in [2.24, 2.45) is 0 Å². The fraction of sp³-hybridized carbons (Fsp3) is 0.714. The molecule has 0 amide bonds. The quantitative estimate of drug-likeness (QED) is 0.428. The number of anilines is 2. The fourth-order valence-corrected chi connectivity index (χ4v) is 2.19. The number of unbranched alkanes of at least 4 members (excludes halogenated alkanes) is 2. The number of hydrogen-bond acceptors (Lipinski definition) is 6. The minimum atomic E-state index is -0.400. The van der Waals surface area contributed by atoms with Gasteiger partial charge in [0.25, 0.3) is 0 Å². The minimum absolute atomic E-state index is 0.0375. The lowest BCUT2D eigenvalue weighted by atomic mass is 10.2. The Balaban J connectivity index is 3.17. The largest absolute Gasteiger partial charge is 0.364 e. The molecule has 0 spiro atoms. The predicted molar refractivity (Wildman–Crippen MR) is 84.9 cm³/mol. The fourth-order valence-electron chi connectivity index (χ4n) is 2.19. The maximum Gasteiger partial charge on any atom is 0.353 e. The maximum atomic E-state index is 11.4. The molecule has 0 aliphatic rings. The molecule has 7 heteroatoms. The van der Waals surface area contributed by atoms with Crippen LogP contribution in [-0.4, -0.2) is 34.0 Å². The molecular weight excluding hydrogens is 270 g/mol. The van der Waals surface area contributed by atoms with Crippen molar-refractivity contribution in [2.45, 2.75) is 53.0 Å². The Labute approximate surface area is 125 Å². The third-order valence-corrected chi connectivity index (χ3v) is 3.23. The second-order valence-corrected chi connectivity index (χ2v) is 5.18. The molecule has 1 aromatic heterocycles. The molecule has 0 aliphatic carbocycles. The van der Waals surface area contributed by atoms with E-state index in [0.29, 0.717) is 12.4 Å². The number of rotatable bonds is 9. The highest BCUT2D eigenvalue weighted by Gasteiger charge is 2.27. The third-order valence-electron chi connectivity index (χ3n) is 3.23. The summed E-state index contributed by atoms with van der Waals surface area (Å²) in [6, 6.07) is 0.143. The van der Waals surface area contributed by atoms with Gasteiger partial charge in [-0.15, -0.1) is 0 Å². The number of hydrogen-bond donors (Lipinski definition) is 1.